The van der Waals surface area contributed by atoms with Gasteiger partial charge in [0, 0.05) is 24.3 Å². The van der Waals surface area contributed by atoms with E-state index < -0.39 is 16.0 Å². The molecule has 2 aromatic rings. The molecule has 1 aliphatic heterocycles. The Morgan fingerprint density at radius 3 is 2.52 bits per heavy atom. The van der Waals surface area contributed by atoms with Crippen LogP contribution in [0, 0.1) is 0 Å². The van der Waals surface area contributed by atoms with E-state index in [1.54, 1.807) is 18.2 Å². The van der Waals surface area contributed by atoms with Gasteiger partial charge in [0.1, 0.15) is 0 Å². The third-order valence-electron chi connectivity index (χ3n) is 4.84. The number of ether oxygens (including phenoxy) is 1. The van der Waals surface area contributed by atoms with Crippen LogP contribution in [-0.4, -0.2) is 51.8 Å². The van der Waals surface area contributed by atoms with Crippen molar-refractivity contribution in [2.24, 2.45) is 0 Å². The zero-order valence-corrected chi connectivity index (χ0v) is 17.7. The molecular formula is C20H21ClN2O5S. The van der Waals surface area contributed by atoms with Crippen LogP contribution in [0.15, 0.2) is 47.4 Å². The van der Waals surface area contributed by atoms with Gasteiger partial charge in [0.25, 0.3) is 0 Å². The van der Waals surface area contributed by atoms with E-state index in [4.69, 9.17) is 16.3 Å². The number of benzene rings is 2. The zero-order valence-electron chi connectivity index (χ0n) is 16.1. The van der Waals surface area contributed by atoms with Gasteiger partial charge >= 0.3 is 5.97 Å². The number of likely N-dealkylation sites (N-methyl/N-ethyl adjacent to an activating group) is 1. The zero-order chi connectivity index (χ0) is 21.2. The molecule has 29 heavy (non-hydrogen) atoms. The highest BCUT2D eigenvalue weighted by atomic mass is 35.5. The average Bonchev–Trinajstić information content (AvgIpc) is 2.72. The Morgan fingerprint density at radius 1 is 1.17 bits per heavy atom. The van der Waals surface area contributed by atoms with E-state index in [0.29, 0.717) is 35.7 Å². The number of rotatable bonds is 5. The molecule has 7 nitrogen and oxygen atoms in total. The highest BCUT2D eigenvalue weighted by Gasteiger charge is 2.29. The van der Waals surface area contributed by atoms with Gasteiger partial charge in [-0.2, -0.15) is 4.31 Å². The van der Waals surface area contributed by atoms with Gasteiger partial charge in [0.2, 0.25) is 15.9 Å². The first kappa shape index (κ1) is 21.3. The van der Waals surface area contributed by atoms with Crippen LogP contribution in [-0.2, 0) is 26.0 Å². The number of nitrogens with zero attached hydrogens (tertiary/aromatic N) is 2. The number of hydrogen-bond donors (Lipinski definition) is 0. The van der Waals surface area contributed by atoms with Crippen LogP contribution < -0.4 is 4.90 Å². The smallest absolute Gasteiger partial charge is 0.338 e. The number of hydrogen-bond acceptors (Lipinski definition) is 5. The summed E-state index contributed by atoms with van der Waals surface area (Å²) in [7, 11) is -1.17. The summed E-state index contributed by atoms with van der Waals surface area (Å²) in [5, 5.41) is 0.425. The van der Waals surface area contributed by atoms with E-state index >= 15 is 0 Å². The fourth-order valence-electron chi connectivity index (χ4n) is 3.33. The Balaban J connectivity index is 1.84. The van der Waals surface area contributed by atoms with Gasteiger partial charge < -0.3 is 9.64 Å². The Hall–Kier alpha value is -2.42. The number of carbonyl (C=O) groups excluding carboxylic acids is 2. The molecule has 0 N–H and O–H groups in total. The maximum atomic E-state index is 12.9. The van der Waals surface area contributed by atoms with Crippen molar-refractivity contribution in [1.29, 1.82) is 0 Å². The summed E-state index contributed by atoms with van der Waals surface area (Å²) in [6.07, 6.45) is 1.31. The van der Waals surface area contributed by atoms with Crippen molar-refractivity contribution >= 4 is 39.2 Å². The average molecular weight is 437 g/mol. The highest BCUT2D eigenvalue weighted by Crippen LogP contribution is 2.30. The van der Waals surface area contributed by atoms with E-state index in [1.165, 1.54) is 43.3 Å². The van der Waals surface area contributed by atoms with Crippen molar-refractivity contribution in [1.82, 2.24) is 4.31 Å². The normalized spacial score (nSPS) is 13.9. The van der Waals surface area contributed by atoms with Crippen molar-refractivity contribution in [3.63, 3.8) is 0 Å². The summed E-state index contributed by atoms with van der Waals surface area (Å²) in [6, 6.07) is 10.9. The minimum atomic E-state index is -3.84. The minimum Gasteiger partial charge on any atom is -0.465 e. The van der Waals surface area contributed by atoms with E-state index in [2.05, 4.69) is 0 Å². The lowest BCUT2D eigenvalue weighted by Gasteiger charge is -2.31. The molecule has 0 aliphatic carbocycles. The van der Waals surface area contributed by atoms with Crippen molar-refractivity contribution in [2.45, 2.75) is 17.7 Å². The van der Waals surface area contributed by atoms with Gasteiger partial charge in [-0.25, -0.2) is 13.2 Å². The minimum absolute atomic E-state index is 0.0595. The van der Waals surface area contributed by atoms with E-state index in [-0.39, 0.29) is 17.3 Å². The van der Waals surface area contributed by atoms with Gasteiger partial charge in [-0.15, -0.1) is 0 Å². The van der Waals surface area contributed by atoms with Crippen LogP contribution in [0.4, 0.5) is 5.69 Å². The molecule has 1 amide bonds. The van der Waals surface area contributed by atoms with Crippen molar-refractivity contribution in [3.8, 4) is 0 Å². The number of amides is 1. The second-order valence-electron chi connectivity index (χ2n) is 6.66. The SMILES string of the molecule is COC(=O)c1cccc2c1CCCN2C(=O)CN(C)S(=O)(=O)c1ccc(Cl)cc1. The molecule has 1 aliphatic rings. The number of sulfonamides is 1. The topological polar surface area (TPSA) is 84.0 Å². The maximum Gasteiger partial charge on any atom is 0.338 e. The third kappa shape index (κ3) is 4.29. The first-order valence-electron chi connectivity index (χ1n) is 8.98. The molecule has 0 saturated carbocycles. The maximum absolute atomic E-state index is 12.9. The number of halogens is 1. The number of carbonyl (C=O) groups is 2. The van der Waals surface area contributed by atoms with Crippen LogP contribution in [0.1, 0.15) is 22.3 Å². The lowest BCUT2D eigenvalue weighted by atomic mass is 9.96. The number of fused-ring (bicyclic) bond motifs is 1. The number of esters is 1. The lowest BCUT2D eigenvalue weighted by molar-refractivity contribution is -0.118. The lowest BCUT2D eigenvalue weighted by Crippen LogP contribution is -2.43. The number of anilines is 1. The fourth-order valence-corrected chi connectivity index (χ4v) is 4.58. The molecule has 0 saturated heterocycles. The second kappa shape index (κ2) is 8.52. The molecule has 0 atom stereocenters. The Bertz CT molecular complexity index is 1040. The Kier molecular flexibility index (Phi) is 6.26. The Labute approximate surface area is 174 Å². The molecule has 0 unspecified atom stereocenters. The molecule has 0 radical (unpaired) electrons. The van der Waals surface area contributed by atoms with E-state index in [9.17, 15) is 18.0 Å². The summed E-state index contributed by atoms with van der Waals surface area (Å²) in [5.41, 5.74) is 1.77. The number of methoxy groups -OCH3 is 1. The van der Waals surface area contributed by atoms with Crippen LogP contribution in [0.25, 0.3) is 0 Å². The molecule has 0 fully saturated rings. The molecule has 9 heteroatoms. The molecule has 3 rings (SSSR count). The third-order valence-corrected chi connectivity index (χ3v) is 6.91. The van der Waals surface area contributed by atoms with E-state index in [1.807, 2.05) is 0 Å². The van der Waals surface area contributed by atoms with Crippen LogP contribution >= 0.6 is 11.6 Å². The van der Waals surface area contributed by atoms with Gasteiger partial charge in [-0.1, -0.05) is 17.7 Å². The predicted molar refractivity (Wildman–Crippen MR) is 110 cm³/mol. The second-order valence-corrected chi connectivity index (χ2v) is 9.14. The van der Waals surface area contributed by atoms with E-state index in [0.717, 1.165) is 9.87 Å². The standard InChI is InChI=1S/C20H21ClN2O5S/c1-22(29(26,27)15-10-8-14(21)9-11-15)13-19(24)23-12-4-6-16-17(20(25)28-2)5-3-7-18(16)23/h3,5,7-11H,4,6,12-13H2,1-2H3. The van der Waals surface area contributed by atoms with Crippen molar-refractivity contribution in [3.05, 3.63) is 58.6 Å². The molecule has 0 bridgehead atoms. The molecule has 2 aromatic carbocycles. The highest BCUT2D eigenvalue weighted by molar-refractivity contribution is 7.89. The van der Waals surface area contributed by atoms with Crippen LogP contribution in [0.3, 0.4) is 0 Å². The van der Waals surface area contributed by atoms with Crippen molar-refractivity contribution in [2.75, 3.05) is 32.1 Å². The van der Waals surface area contributed by atoms with Gasteiger partial charge in [0.15, 0.2) is 0 Å². The van der Waals surface area contributed by atoms with Crippen molar-refractivity contribution < 1.29 is 22.7 Å². The first-order valence-corrected chi connectivity index (χ1v) is 10.8. The predicted octanol–water partition coefficient (Wildman–Crippen LogP) is 2.73. The summed E-state index contributed by atoms with van der Waals surface area (Å²) < 4.78 is 31.3. The monoisotopic (exact) mass is 436 g/mol. The first-order chi connectivity index (χ1) is 13.8. The Morgan fingerprint density at radius 2 is 1.86 bits per heavy atom. The summed E-state index contributed by atoms with van der Waals surface area (Å²) >= 11 is 5.82. The molecular weight excluding hydrogens is 416 g/mol. The van der Waals surface area contributed by atoms with Crippen LogP contribution in [0.2, 0.25) is 5.02 Å². The molecule has 0 aromatic heterocycles. The van der Waals surface area contributed by atoms with Gasteiger partial charge in [0.05, 0.1) is 24.1 Å². The fraction of sp³-hybridized carbons (Fsp3) is 0.300. The quantitative estimate of drug-likeness (QED) is 0.673. The van der Waals surface area contributed by atoms with Gasteiger partial charge in [-0.05, 0) is 54.8 Å². The summed E-state index contributed by atoms with van der Waals surface area (Å²) in [4.78, 5) is 26.6. The summed E-state index contributed by atoms with van der Waals surface area (Å²) in [5.74, 6) is -0.827. The summed E-state index contributed by atoms with van der Waals surface area (Å²) in [6.45, 7) is 0.123. The molecule has 1 heterocycles. The largest absolute Gasteiger partial charge is 0.465 e. The molecule has 154 valence electrons. The molecule has 0 spiro atoms. The van der Waals surface area contributed by atoms with Crippen LogP contribution in [0.5, 0.6) is 0 Å². The van der Waals surface area contributed by atoms with Gasteiger partial charge in [-0.3, -0.25) is 4.79 Å².